The Kier molecular flexibility index (Phi) is 9.92. The van der Waals surface area contributed by atoms with Gasteiger partial charge in [-0.15, -0.1) is 0 Å². The highest BCUT2D eigenvalue weighted by molar-refractivity contribution is 5.97. The Morgan fingerprint density at radius 1 is 1.14 bits per heavy atom. The van der Waals surface area contributed by atoms with Crippen LogP contribution in [0.25, 0.3) is 0 Å². The van der Waals surface area contributed by atoms with Gasteiger partial charge in [-0.2, -0.15) is 0 Å². The number of ether oxygens (including phenoxy) is 2. The summed E-state index contributed by atoms with van der Waals surface area (Å²) < 4.78 is 11.5. The Labute approximate surface area is 252 Å². The number of rotatable bonds is 7. The van der Waals surface area contributed by atoms with Crippen LogP contribution >= 0.6 is 0 Å². The summed E-state index contributed by atoms with van der Waals surface area (Å²) in [4.78, 5) is 40.4. The first-order valence-electron chi connectivity index (χ1n) is 15.7. The van der Waals surface area contributed by atoms with Crippen LogP contribution in [0.4, 0.5) is 10.5 Å². The number of fused-ring (bicyclic) bond motifs is 1. The number of amides is 2. The average molecular weight is 588 g/mol. The van der Waals surface area contributed by atoms with Gasteiger partial charge in [-0.25, -0.2) is 4.79 Å². The lowest BCUT2D eigenvalue weighted by molar-refractivity contribution is -0.122. The number of hydrogen-bond acceptors (Lipinski definition) is 8. The Morgan fingerprint density at radius 2 is 1.81 bits per heavy atom. The molecule has 2 fully saturated rings. The maximum atomic E-state index is 14.1. The standard InChI is InChI=1S/C32H53N5O5/c1-10-11-27(38)24-12-26-29(33-13-24)32(8,9)20-37(26)28(39)17-34-14-21(2)36(30(40)42-31(5,6)7)16-25(34)15-35-22(3)18-41-19-23(35)4/h12-13,21-23,25,27,38H,10-11,14-20H2,1-9H3/t21-,22-,23-,25+,27-/m1/s1. The van der Waals surface area contributed by atoms with E-state index in [1.807, 2.05) is 50.5 Å². The minimum atomic E-state index is -0.600. The van der Waals surface area contributed by atoms with Gasteiger partial charge >= 0.3 is 6.09 Å². The van der Waals surface area contributed by atoms with E-state index in [-0.39, 0.29) is 48.1 Å². The maximum absolute atomic E-state index is 14.1. The average Bonchev–Trinajstić information content (AvgIpc) is 3.16. The Morgan fingerprint density at radius 3 is 2.43 bits per heavy atom. The largest absolute Gasteiger partial charge is 0.444 e. The Balaban J connectivity index is 1.58. The molecule has 3 aliphatic heterocycles. The summed E-state index contributed by atoms with van der Waals surface area (Å²) in [5, 5.41) is 10.7. The van der Waals surface area contributed by atoms with Crippen LogP contribution in [-0.2, 0) is 19.7 Å². The van der Waals surface area contributed by atoms with E-state index in [0.29, 0.717) is 39.3 Å². The third-order valence-corrected chi connectivity index (χ3v) is 8.81. The highest BCUT2D eigenvalue weighted by Crippen LogP contribution is 2.40. The van der Waals surface area contributed by atoms with Gasteiger partial charge in [0, 0.05) is 67.5 Å². The zero-order chi connectivity index (χ0) is 31.0. The number of carbonyl (C=O) groups excluding carboxylic acids is 2. The second-order valence-electron chi connectivity index (χ2n) is 14.3. The van der Waals surface area contributed by atoms with Gasteiger partial charge in [0.25, 0.3) is 0 Å². The fraction of sp³-hybridized carbons (Fsp3) is 0.781. The summed E-state index contributed by atoms with van der Waals surface area (Å²) in [6.45, 7) is 22.2. The van der Waals surface area contributed by atoms with Crippen LogP contribution in [-0.4, -0.2) is 112 Å². The van der Waals surface area contributed by atoms with E-state index in [0.717, 1.165) is 29.9 Å². The smallest absolute Gasteiger partial charge is 0.410 e. The fourth-order valence-corrected chi connectivity index (χ4v) is 6.54. The molecule has 4 heterocycles. The summed E-state index contributed by atoms with van der Waals surface area (Å²) >= 11 is 0. The molecule has 0 radical (unpaired) electrons. The molecule has 5 atom stereocenters. The van der Waals surface area contributed by atoms with Gasteiger partial charge in [0.05, 0.1) is 37.2 Å². The van der Waals surface area contributed by atoms with E-state index < -0.39 is 11.7 Å². The van der Waals surface area contributed by atoms with Crippen LogP contribution in [0, 0.1) is 0 Å². The molecule has 0 bridgehead atoms. The lowest BCUT2D eigenvalue weighted by Gasteiger charge is -2.48. The molecule has 1 aromatic rings. The third kappa shape index (κ3) is 7.26. The van der Waals surface area contributed by atoms with E-state index in [4.69, 9.17) is 14.5 Å². The van der Waals surface area contributed by atoms with E-state index >= 15 is 0 Å². The normalized spacial score (nSPS) is 27.6. The summed E-state index contributed by atoms with van der Waals surface area (Å²) in [6.07, 6.45) is 2.36. The number of aliphatic hydroxyl groups is 1. The van der Waals surface area contributed by atoms with Crippen molar-refractivity contribution in [3.05, 3.63) is 23.5 Å². The van der Waals surface area contributed by atoms with Crippen molar-refractivity contribution in [3.63, 3.8) is 0 Å². The van der Waals surface area contributed by atoms with E-state index in [9.17, 15) is 14.7 Å². The van der Waals surface area contributed by atoms with Gasteiger partial charge in [-0.3, -0.25) is 19.6 Å². The van der Waals surface area contributed by atoms with Crippen molar-refractivity contribution < 1.29 is 24.2 Å². The monoisotopic (exact) mass is 587 g/mol. The highest BCUT2D eigenvalue weighted by Gasteiger charge is 2.43. The zero-order valence-corrected chi connectivity index (χ0v) is 27.2. The van der Waals surface area contributed by atoms with Crippen LogP contribution in [0.2, 0.25) is 0 Å². The van der Waals surface area contributed by atoms with Crippen molar-refractivity contribution in [2.45, 2.75) is 116 Å². The van der Waals surface area contributed by atoms with E-state index in [1.54, 1.807) is 6.20 Å². The minimum absolute atomic E-state index is 0.0109. The molecular weight excluding hydrogens is 534 g/mol. The molecule has 10 nitrogen and oxygen atoms in total. The number of pyridine rings is 1. The number of aliphatic hydroxyl groups excluding tert-OH is 1. The van der Waals surface area contributed by atoms with Gasteiger partial charge in [0.15, 0.2) is 0 Å². The number of piperazine rings is 1. The van der Waals surface area contributed by atoms with Gasteiger partial charge in [-0.05, 0) is 54.0 Å². The Hall–Kier alpha value is -2.27. The molecule has 1 N–H and O–H groups in total. The first kappa shape index (κ1) is 32.6. The number of anilines is 1. The van der Waals surface area contributed by atoms with Gasteiger partial charge in [0.1, 0.15) is 5.60 Å². The van der Waals surface area contributed by atoms with Gasteiger partial charge in [-0.1, -0.05) is 27.2 Å². The van der Waals surface area contributed by atoms with Crippen molar-refractivity contribution in [3.8, 4) is 0 Å². The molecule has 0 aliphatic carbocycles. The maximum Gasteiger partial charge on any atom is 0.410 e. The predicted molar refractivity (Wildman–Crippen MR) is 164 cm³/mol. The molecule has 2 amide bonds. The quantitative estimate of drug-likeness (QED) is 0.512. The molecule has 0 unspecified atom stereocenters. The highest BCUT2D eigenvalue weighted by atomic mass is 16.6. The van der Waals surface area contributed by atoms with Gasteiger partial charge in [0.2, 0.25) is 5.91 Å². The first-order valence-corrected chi connectivity index (χ1v) is 15.7. The fourth-order valence-electron chi connectivity index (χ4n) is 6.54. The predicted octanol–water partition coefficient (Wildman–Crippen LogP) is 3.96. The topological polar surface area (TPSA) is 98.7 Å². The minimum Gasteiger partial charge on any atom is -0.444 e. The summed E-state index contributed by atoms with van der Waals surface area (Å²) in [5.74, 6) is 0.0109. The first-order chi connectivity index (χ1) is 19.6. The summed E-state index contributed by atoms with van der Waals surface area (Å²) in [5.41, 5.74) is 1.56. The van der Waals surface area contributed by atoms with Crippen LogP contribution in [0.15, 0.2) is 12.3 Å². The summed E-state index contributed by atoms with van der Waals surface area (Å²) in [7, 11) is 0. The van der Waals surface area contributed by atoms with Crippen molar-refractivity contribution in [2.75, 3.05) is 50.8 Å². The number of carbonyl (C=O) groups is 2. The van der Waals surface area contributed by atoms with Crippen molar-refractivity contribution in [1.29, 1.82) is 0 Å². The molecule has 0 saturated carbocycles. The molecular formula is C32H53N5O5. The zero-order valence-electron chi connectivity index (χ0n) is 27.2. The van der Waals surface area contributed by atoms with Crippen LogP contribution in [0.3, 0.4) is 0 Å². The molecule has 4 rings (SSSR count). The van der Waals surface area contributed by atoms with Crippen LogP contribution in [0.5, 0.6) is 0 Å². The Bertz CT molecular complexity index is 1110. The SMILES string of the molecule is CCC[C@@H](O)c1cnc2c(c1)N(C(=O)CN1C[C@@H](C)N(C(=O)OC(C)(C)C)C[C@@H]1CN1[C@H](C)COC[C@H]1C)CC2(C)C. The number of nitrogens with zero attached hydrogens (tertiary/aromatic N) is 5. The number of hydrogen-bond donors (Lipinski definition) is 1. The van der Waals surface area contributed by atoms with Crippen molar-refractivity contribution in [2.24, 2.45) is 0 Å². The van der Waals surface area contributed by atoms with Gasteiger partial charge < -0.3 is 24.4 Å². The third-order valence-electron chi connectivity index (χ3n) is 8.81. The van der Waals surface area contributed by atoms with Crippen LogP contribution in [0.1, 0.15) is 92.5 Å². The second-order valence-corrected chi connectivity index (χ2v) is 14.3. The number of aromatic nitrogens is 1. The molecule has 3 aliphatic rings. The van der Waals surface area contributed by atoms with Crippen LogP contribution < -0.4 is 4.90 Å². The van der Waals surface area contributed by atoms with Crippen molar-refractivity contribution >= 4 is 17.7 Å². The lowest BCUT2D eigenvalue weighted by atomic mass is 9.91. The van der Waals surface area contributed by atoms with Crippen molar-refractivity contribution in [1.82, 2.24) is 19.7 Å². The number of morpholine rings is 1. The van der Waals surface area contributed by atoms with E-state index in [1.165, 1.54) is 0 Å². The molecule has 42 heavy (non-hydrogen) atoms. The molecule has 0 spiro atoms. The lowest BCUT2D eigenvalue weighted by Crippen LogP contribution is -2.65. The molecule has 0 aromatic carbocycles. The molecule has 10 heteroatoms. The summed E-state index contributed by atoms with van der Waals surface area (Å²) in [6, 6.07) is 2.28. The second kappa shape index (κ2) is 12.8. The molecule has 1 aromatic heterocycles. The molecule has 2 saturated heterocycles. The molecule has 236 valence electrons. The van der Waals surface area contributed by atoms with E-state index in [2.05, 4.69) is 37.5 Å².